The molecule has 0 spiro atoms. The minimum atomic E-state index is 0.550. The summed E-state index contributed by atoms with van der Waals surface area (Å²) in [4.78, 5) is 4.81. The van der Waals surface area contributed by atoms with Gasteiger partial charge in [-0.25, -0.2) is 0 Å². The highest BCUT2D eigenvalue weighted by Crippen LogP contribution is 2.31. The normalized spacial score (nSPS) is 16.6. The van der Waals surface area contributed by atoms with Crippen LogP contribution in [0.25, 0.3) is 10.8 Å². The Bertz CT molecular complexity index is 657. The Kier molecular flexibility index (Phi) is 6.32. The summed E-state index contributed by atoms with van der Waals surface area (Å²) in [5.74, 6) is 0.859. The molecule has 0 saturated carbocycles. The largest absolute Gasteiger partial charge is 0.491 e. The lowest BCUT2D eigenvalue weighted by Gasteiger charge is -2.32. The van der Waals surface area contributed by atoms with Crippen LogP contribution >= 0.6 is 11.6 Å². The molecule has 24 heavy (non-hydrogen) atoms. The van der Waals surface area contributed by atoms with Crippen molar-refractivity contribution in [2.75, 3.05) is 59.6 Å². The molecule has 2 aromatic carbocycles. The summed E-state index contributed by atoms with van der Waals surface area (Å²) in [6.07, 6.45) is 0. The Hall–Kier alpha value is -1.33. The van der Waals surface area contributed by atoms with Gasteiger partial charge in [-0.15, -0.1) is 0 Å². The van der Waals surface area contributed by atoms with Gasteiger partial charge in [-0.3, -0.25) is 4.90 Å². The van der Waals surface area contributed by atoms with Crippen molar-refractivity contribution in [2.45, 2.75) is 0 Å². The lowest BCUT2D eigenvalue weighted by atomic mass is 10.1. The Morgan fingerprint density at radius 1 is 0.917 bits per heavy atom. The molecule has 1 aliphatic heterocycles. The first-order valence-corrected chi connectivity index (χ1v) is 8.90. The molecule has 1 saturated heterocycles. The topological polar surface area (TPSA) is 24.9 Å². The highest BCUT2D eigenvalue weighted by Gasteiger charge is 2.12. The third-order valence-corrected chi connectivity index (χ3v) is 4.79. The van der Waals surface area contributed by atoms with Gasteiger partial charge >= 0.3 is 0 Å². The maximum absolute atomic E-state index is 6.23. The molecule has 0 amide bonds. The number of hydrogen-bond donors (Lipinski definition) is 0. The summed E-state index contributed by atoms with van der Waals surface area (Å²) in [6, 6.07) is 11.8. The molecule has 1 aliphatic rings. The van der Waals surface area contributed by atoms with Crippen molar-refractivity contribution in [2.24, 2.45) is 0 Å². The van der Waals surface area contributed by atoms with Crippen LogP contribution in [-0.4, -0.2) is 69.4 Å². The van der Waals surface area contributed by atoms with Crippen LogP contribution in [0.3, 0.4) is 0 Å². The van der Waals surface area contributed by atoms with E-state index in [0.29, 0.717) is 13.2 Å². The van der Waals surface area contributed by atoms with Crippen molar-refractivity contribution < 1.29 is 9.47 Å². The third-order valence-electron chi connectivity index (χ3n) is 4.46. The first-order valence-electron chi connectivity index (χ1n) is 8.53. The van der Waals surface area contributed by atoms with E-state index in [9.17, 15) is 0 Å². The van der Waals surface area contributed by atoms with Gasteiger partial charge in [-0.2, -0.15) is 0 Å². The molecule has 0 radical (unpaired) electrons. The number of halogens is 1. The maximum atomic E-state index is 6.23. The highest BCUT2D eigenvalue weighted by molar-refractivity contribution is 6.35. The molecule has 5 heteroatoms. The van der Waals surface area contributed by atoms with Crippen molar-refractivity contribution >= 4 is 22.4 Å². The van der Waals surface area contributed by atoms with E-state index in [2.05, 4.69) is 16.8 Å². The molecule has 2 aromatic rings. The molecule has 0 N–H and O–H groups in total. The summed E-state index contributed by atoms with van der Waals surface area (Å²) in [5.41, 5.74) is 0. The van der Waals surface area contributed by atoms with Gasteiger partial charge in [0.2, 0.25) is 0 Å². The van der Waals surface area contributed by atoms with E-state index >= 15 is 0 Å². The van der Waals surface area contributed by atoms with Gasteiger partial charge in [0.05, 0.1) is 13.2 Å². The van der Waals surface area contributed by atoms with Crippen molar-refractivity contribution in [3.05, 3.63) is 41.4 Å². The second kappa shape index (κ2) is 8.67. The van der Waals surface area contributed by atoms with Crippen molar-refractivity contribution in [3.63, 3.8) is 0 Å². The molecular weight excluding hydrogens is 324 g/mol. The smallest absolute Gasteiger partial charge is 0.127 e. The Morgan fingerprint density at radius 3 is 2.46 bits per heavy atom. The van der Waals surface area contributed by atoms with E-state index in [-0.39, 0.29) is 0 Å². The summed E-state index contributed by atoms with van der Waals surface area (Å²) in [5, 5.41) is 2.82. The van der Waals surface area contributed by atoms with Gasteiger partial charge in [0.25, 0.3) is 0 Å². The first-order chi connectivity index (χ1) is 11.7. The van der Waals surface area contributed by atoms with Gasteiger partial charge in [0.1, 0.15) is 12.4 Å². The molecule has 0 unspecified atom stereocenters. The number of likely N-dealkylation sites (N-methyl/N-ethyl adjacent to an activating group) is 1. The second-order valence-electron chi connectivity index (χ2n) is 6.20. The van der Waals surface area contributed by atoms with Crippen LogP contribution in [0, 0.1) is 0 Å². The van der Waals surface area contributed by atoms with Crippen LogP contribution in [0.4, 0.5) is 0 Å². The average molecular weight is 349 g/mol. The predicted octanol–water partition coefficient (Wildman–Crippen LogP) is 3.14. The number of benzene rings is 2. The third kappa shape index (κ3) is 4.61. The van der Waals surface area contributed by atoms with Crippen LogP contribution in [0.15, 0.2) is 36.4 Å². The van der Waals surface area contributed by atoms with Crippen LogP contribution in [0.1, 0.15) is 0 Å². The minimum Gasteiger partial charge on any atom is -0.491 e. The van der Waals surface area contributed by atoms with Crippen LogP contribution in [0.5, 0.6) is 5.75 Å². The predicted molar refractivity (Wildman–Crippen MR) is 99.2 cm³/mol. The van der Waals surface area contributed by atoms with Crippen LogP contribution < -0.4 is 4.74 Å². The molecule has 0 aliphatic carbocycles. The summed E-state index contributed by atoms with van der Waals surface area (Å²) < 4.78 is 11.6. The summed E-state index contributed by atoms with van der Waals surface area (Å²) in [6.45, 7) is 7.46. The molecule has 0 bridgehead atoms. The van der Waals surface area contributed by atoms with Gasteiger partial charge < -0.3 is 14.4 Å². The molecule has 4 nitrogen and oxygen atoms in total. The van der Waals surface area contributed by atoms with Crippen LogP contribution in [0.2, 0.25) is 5.02 Å². The molecule has 130 valence electrons. The molecule has 3 rings (SSSR count). The zero-order valence-electron chi connectivity index (χ0n) is 14.2. The molecule has 1 heterocycles. The lowest BCUT2D eigenvalue weighted by molar-refractivity contribution is 0.0660. The molecule has 0 aromatic heterocycles. The van der Waals surface area contributed by atoms with Gasteiger partial charge in [-0.1, -0.05) is 35.9 Å². The summed E-state index contributed by atoms with van der Waals surface area (Å²) in [7, 11) is 2.17. The Morgan fingerprint density at radius 2 is 1.67 bits per heavy atom. The van der Waals surface area contributed by atoms with Gasteiger partial charge in [0.15, 0.2) is 0 Å². The monoisotopic (exact) mass is 348 g/mol. The molecule has 1 fully saturated rings. The number of hydrogen-bond acceptors (Lipinski definition) is 4. The van der Waals surface area contributed by atoms with Crippen molar-refractivity contribution in [3.8, 4) is 5.75 Å². The Labute approximate surface area is 148 Å². The van der Waals surface area contributed by atoms with Gasteiger partial charge in [0, 0.05) is 48.5 Å². The van der Waals surface area contributed by atoms with E-state index in [1.165, 1.54) is 0 Å². The molecular formula is C19H25ClN2O2. The average Bonchev–Trinajstić information content (AvgIpc) is 2.61. The SMILES string of the molecule is CN1CCN(CCOCCOc2ccc(Cl)c3ccccc23)CC1. The van der Waals surface area contributed by atoms with E-state index in [1.807, 2.05) is 36.4 Å². The first kappa shape index (κ1) is 17.5. The number of ether oxygens (including phenoxy) is 2. The minimum absolute atomic E-state index is 0.550. The number of fused-ring (bicyclic) bond motifs is 1. The lowest BCUT2D eigenvalue weighted by Crippen LogP contribution is -2.45. The Balaban J connectivity index is 1.39. The quantitative estimate of drug-likeness (QED) is 0.718. The zero-order valence-corrected chi connectivity index (χ0v) is 15.0. The summed E-state index contributed by atoms with van der Waals surface area (Å²) >= 11 is 6.23. The fourth-order valence-corrected chi connectivity index (χ4v) is 3.17. The number of rotatable bonds is 7. The second-order valence-corrected chi connectivity index (χ2v) is 6.60. The molecule has 0 atom stereocenters. The maximum Gasteiger partial charge on any atom is 0.127 e. The standard InChI is InChI=1S/C19H25ClN2O2/c1-21-8-10-22(11-9-21)12-13-23-14-15-24-19-7-6-18(20)16-4-2-3-5-17(16)19/h2-7H,8-15H2,1H3. The van der Waals surface area contributed by atoms with Crippen molar-refractivity contribution in [1.29, 1.82) is 0 Å². The fourth-order valence-electron chi connectivity index (χ4n) is 2.94. The van der Waals surface area contributed by atoms with E-state index in [4.69, 9.17) is 21.1 Å². The highest BCUT2D eigenvalue weighted by atomic mass is 35.5. The fraction of sp³-hybridized carbons (Fsp3) is 0.474. The number of piperazine rings is 1. The van der Waals surface area contributed by atoms with E-state index < -0.39 is 0 Å². The number of nitrogens with zero attached hydrogens (tertiary/aromatic N) is 2. The zero-order chi connectivity index (χ0) is 16.8. The van der Waals surface area contributed by atoms with Crippen molar-refractivity contribution in [1.82, 2.24) is 9.80 Å². The van der Waals surface area contributed by atoms with E-state index in [1.54, 1.807) is 0 Å². The van der Waals surface area contributed by atoms with E-state index in [0.717, 1.165) is 60.9 Å². The van der Waals surface area contributed by atoms with Crippen LogP contribution in [-0.2, 0) is 4.74 Å². The van der Waals surface area contributed by atoms with Gasteiger partial charge in [-0.05, 0) is 19.2 Å².